The summed E-state index contributed by atoms with van der Waals surface area (Å²) in [4.78, 5) is 12.2. The Balaban J connectivity index is 1.64. The van der Waals surface area contributed by atoms with Crippen LogP contribution in [0.15, 0.2) is 30.5 Å². The zero-order chi connectivity index (χ0) is 22.1. The SMILES string of the molecule is C[C@@H](Oc1ccc(Cl)cc1Cl)C(=O)NCCc1nnc2c(C(F)(F)F)cc(Cl)cn12. The largest absolute Gasteiger partial charge is 0.479 e. The lowest BCUT2D eigenvalue weighted by atomic mass is 10.2. The summed E-state index contributed by atoms with van der Waals surface area (Å²) in [6, 6.07) is 5.39. The third kappa shape index (κ3) is 5.08. The molecule has 2 heterocycles. The number of pyridine rings is 1. The Kier molecular flexibility index (Phi) is 6.64. The molecule has 0 aliphatic carbocycles. The van der Waals surface area contributed by atoms with Gasteiger partial charge >= 0.3 is 6.18 Å². The second-order valence-corrected chi connectivity index (χ2v) is 7.54. The Labute approximate surface area is 183 Å². The molecule has 6 nitrogen and oxygen atoms in total. The molecule has 0 spiro atoms. The lowest BCUT2D eigenvalue weighted by Crippen LogP contribution is -2.37. The number of carbonyl (C=O) groups is 1. The molecule has 3 aromatic rings. The molecular weight excluding hydrogens is 468 g/mol. The number of alkyl halides is 3. The number of fused-ring (bicyclic) bond motifs is 1. The quantitative estimate of drug-likeness (QED) is 0.547. The van der Waals surface area contributed by atoms with Gasteiger partial charge in [0.05, 0.1) is 10.0 Å². The first-order chi connectivity index (χ1) is 14.1. The summed E-state index contributed by atoms with van der Waals surface area (Å²) < 4.78 is 46.1. The highest BCUT2D eigenvalue weighted by atomic mass is 35.5. The molecule has 1 aromatic carbocycles. The highest BCUT2D eigenvalue weighted by molar-refractivity contribution is 6.35. The van der Waals surface area contributed by atoms with E-state index in [4.69, 9.17) is 39.5 Å². The molecule has 3 rings (SSSR count). The zero-order valence-corrected chi connectivity index (χ0v) is 17.6. The van der Waals surface area contributed by atoms with E-state index in [1.165, 1.54) is 19.2 Å². The number of halogens is 6. The maximum Gasteiger partial charge on any atom is 0.420 e. The van der Waals surface area contributed by atoms with E-state index >= 15 is 0 Å². The normalized spacial score (nSPS) is 12.8. The summed E-state index contributed by atoms with van der Waals surface area (Å²) in [5.74, 6) is 0.0676. The second kappa shape index (κ2) is 8.87. The fraction of sp³-hybridized carbons (Fsp3) is 0.278. The maximum atomic E-state index is 13.2. The van der Waals surface area contributed by atoms with Crippen molar-refractivity contribution in [1.82, 2.24) is 19.9 Å². The van der Waals surface area contributed by atoms with Crippen molar-refractivity contribution in [2.24, 2.45) is 0 Å². The molecule has 1 N–H and O–H groups in total. The smallest absolute Gasteiger partial charge is 0.420 e. The molecule has 0 radical (unpaired) electrons. The van der Waals surface area contributed by atoms with Crippen molar-refractivity contribution >= 4 is 46.4 Å². The van der Waals surface area contributed by atoms with E-state index in [1.54, 1.807) is 12.1 Å². The minimum absolute atomic E-state index is 0.0928. The van der Waals surface area contributed by atoms with Gasteiger partial charge in [-0.1, -0.05) is 34.8 Å². The summed E-state index contributed by atoms with van der Waals surface area (Å²) in [5, 5.41) is 10.6. The lowest BCUT2D eigenvalue weighted by molar-refractivity contribution is -0.136. The molecule has 0 unspecified atom stereocenters. The number of nitrogens with zero attached hydrogens (tertiary/aromatic N) is 3. The van der Waals surface area contributed by atoms with Crippen LogP contribution in [0.4, 0.5) is 13.2 Å². The van der Waals surface area contributed by atoms with E-state index in [9.17, 15) is 18.0 Å². The minimum Gasteiger partial charge on any atom is -0.479 e. The first kappa shape index (κ1) is 22.5. The van der Waals surface area contributed by atoms with Crippen LogP contribution in [0.2, 0.25) is 15.1 Å². The summed E-state index contributed by atoms with van der Waals surface area (Å²) in [7, 11) is 0. The van der Waals surface area contributed by atoms with Gasteiger partial charge in [0.2, 0.25) is 0 Å². The first-order valence-electron chi connectivity index (χ1n) is 8.56. The lowest BCUT2D eigenvalue weighted by Gasteiger charge is -2.15. The molecule has 0 saturated heterocycles. The van der Waals surface area contributed by atoms with Crippen molar-refractivity contribution in [3.8, 4) is 5.75 Å². The van der Waals surface area contributed by atoms with E-state index in [0.29, 0.717) is 10.8 Å². The monoisotopic (exact) mass is 480 g/mol. The van der Waals surface area contributed by atoms with Gasteiger partial charge in [0.25, 0.3) is 5.91 Å². The Bertz CT molecular complexity index is 1090. The summed E-state index contributed by atoms with van der Waals surface area (Å²) in [6.07, 6.45) is -4.08. The van der Waals surface area contributed by atoms with Crippen molar-refractivity contribution < 1.29 is 22.7 Å². The van der Waals surface area contributed by atoms with Crippen molar-refractivity contribution in [3.63, 3.8) is 0 Å². The van der Waals surface area contributed by atoms with Crippen molar-refractivity contribution in [3.05, 3.63) is 56.9 Å². The van der Waals surface area contributed by atoms with Gasteiger partial charge in [-0.25, -0.2) is 0 Å². The van der Waals surface area contributed by atoms with Gasteiger partial charge in [0, 0.05) is 24.2 Å². The molecule has 2 aromatic heterocycles. The fourth-order valence-electron chi connectivity index (χ4n) is 2.64. The topological polar surface area (TPSA) is 68.5 Å². The predicted octanol–water partition coefficient (Wildman–Crippen LogP) is 4.83. The third-order valence-corrected chi connectivity index (χ3v) is 4.80. The number of amides is 1. The molecule has 12 heteroatoms. The Hall–Kier alpha value is -2.23. The molecule has 1 atom stereocenters. The Morgan fingerprint density at radius 3 is 2.60 bits per heavy atom. The third-order valence-electron chi connectivity index (χ3n) is 4.06. The standard InChI is InChI=1S/C18H14Cl3F3N4O2/c1-9(30-14-3-2-10(19)7-13(14)21)17(29)25-5-4-15-26-27-16-12(18(22,23)24)6-11(20)8-28(15)16/h2-3,6-9H,4-5H2,1H3,(H,25,29)/t9-/m1/s1. The first-order valence-corrected chi connectivity index (χ1v) is 9.69. The van der Waals surface area contributed by atoms with E-state index in [2.05, 4.69) is 15.5 Å². The van der Waals surface area contributed by atoms with Crippen LogP contribution < -0.4 is 10.1 Å². The van der Waals surface area contributed by atoms with Gasteiger partial charge in [0.15, 0.2) is 11.8 Å². The van der Waals surface area contributed by atoms with E-state index in [-0.39, 0.29) is 34.5 Å². The maximum absolute atomic E-state index is 13.2. The highest BCUT2D eigenvalue weighted by Crippen LogP contribution is 2.33. The number of hydrogen-bond acceptors (Lipinski definition) is 4. The van der Waals surface area contributed by atoms with Gasteiger partial charge in [-0.15, -0.1) is 10.2 Å². The Morgan fingerprint density at radius 2 is 1.93 bits per heavy atom. The van der Waals surface area contributed by atoms with Crippen LogP contribution in [0.1, 0.15) is 18.3 Å². The minimum atomic E-state index is -4.62. The fourth-order valence-corrected chi connectivity index (χ4v) is 3.30. The second-order valence-electron chi connectivity index (χ2n) is 6.26. The van der Waals surface area contributed by atoms with Gasteiger partial charge < -0.3 is 10.1 Å². The van der Waals surface area contributed by atoms with Crippen LogP contribution in [0.25, 0.3) is 5.65 Å². The number of hydrogen-bond donors (Lipinski definition) is 1. The summed E-state index contributed by atoms with van der Waals surface area (Å²) in [5.41, 5.74) is -1.35. The van der Waals surface area contributed by atoms with Crippen LogP contribution in [0.5, 0.6) is 5.75 Å². The summed E-state index contributed by atoms with van der Waals surface area (Å²) in [6.45, 7) is 1.62. The van der Waals surface area contributed by atoms with Crippen molar-refractivity contribution in [2.45, 2.75) is 25.6 Å². The van der Waals surface area contributed by atoms with E-state index in [0.717, 1.165) is 10.5 Å². The van der Waals surface area contributed by atoms with Gasteiger partial charge in [0.1, 0.15) is 17.1 Å². The highest BCUT2D eigenvalue weighted by Gasteiger charge is 2.35. The number of benzene rings is 1. The molecule has 0 saturated carbocycles. The van der Waals surface area contributed by atoms with Crippen LogP contribution in [-0.4, -0.2) is 33.2 Å². The van der Waals surface area contributed by atoms with Crippen molar-refractivity contribution in [1.29, 1.82) is 0 Å². The van der Waals surface area contributed by atoms with Crippen LogP contribution in [-0.2, 0) is 17.4 Å². The number of aromatic nitrogens is 3. The van der Waals surface area contributed by atoms with Gasteiger partial charge in [-0.2, -0.15) is 13.2 Å². The van der Waals surface area contributed by atoms with Crippen LogP contribution in [0, 0.1) is 0 Å². The molecule has 0 bridgehead atoms. The van der Waals surface area contributed by atoms with Crippen LogP contribution in [0.3, 0.4) is 0 Å². The molecule has 160 valence electrons. The summed E-state index contributed by atoms with van der Waals surface area (Å²) >= 11 is 17.6. The number of carbonyl (C=O) groups excluding carboxylic acids is 1. The molecular formula is C18H14Cl3F3N4O2. The molecule has 30 heavy (non-hydrogen) atoms. The number of rotatable bonds is 6. The Morgan fingerprint density at radius 1 is 1.20 bits per heavy atom. The average Bonchev–Trinajstić information content (AvgIpc) is 3.05. The van der Waals surface area contributed by atoms with E-state index in [1.807, 2.05) is 0 Å². The molecule has 0 fully saturated rings. The number of ether oxygens (including phenoxy) is 1. The van der Waals surface area contributed by atoms with Crippen LogP contribution >= 0.6 is 34.8 Å². The molecule has 0 aliphatic heterocycles. The van der Waals surface area contributed by atoms with Gasteiger partial charge in [-0.05, 0) is 31.2 Å². The zero-order valence-electron chi connectivity index (χ0n) is 15.3. The molecule has 1 amide bonds. The average molecular weight is 482 g/mol. The number of nitrogens with one attached hydrogen (secondary N) is 1. The van der Waals surface area contributed by atoms with Crippen molar-refractivity contribution in [2.75, 3.05) is 6.54 Å². The molecule has 0 aliphatic rings. The van der Waals surface area contributed by atoms with Gasteiger partial charge in [-0.3, -0.25) is 9.20 Å². The van der Waals surface area contributed by atoms with E-state index < -0.39 is 23.8 Å². The predicted molar refractivity (Wildman–Crippen MR) is 106 cm³/mol.